The van der Waals surface area contributed by atoms with Crippen LogP contribution in [0.4, 0.5) is 4.39 Å². The van der Waals surface area contributed by atoms with Crippen LogP contribution in [0.25, 0.3) is 0 Å². The fraction of sp³-hybridized carbons (Fsp3) is 0.581. The first-order valence-corrected chi connectivity index (χ1v) is 16.3. The largest absolute Gasteiger partial charge is 0.489 e. The van der Waals surface area contributed by atoms with Gasteiger partial charge in [0.25, 0.3) is 0 Å². The van der Waals surface area contributed by atoms with Crippen LogP contribution in [0, 0.1) is 0 Å². The summed E-state index contributed by atoms with van der Waals surface area (Å²) in [7, 11) is -3.12. The Morgan fingerprint density at radius 2 is 1.75 bits per heavy atom. The molecule has 4 rings (SSSR count). The number of nitrogens with zero attached hydrogens (tertiary/aromatic N) is 1. The lowest BCUT2D eigenvalue weighted by Crippen LogP contribution is -2.46. The van der Waals surface area contributed by atoms with Crippen LogP contribution in [0.3, 0.4) is 0 Å². The van der Waals surface area contributed by atoms with Gasteiger partial charge in [-0.3, -0.25) is 9.69 Å². The van der Waals surface area contributed by atoms with Gasteiger partial charge in [0.05, 0.1) is 17.0 Å². The van der Waals surface area contributed by atoms with Crippen LogP contribution in [0.5, 0.6) is 5.75 Å². The lowest BCUT2D eigenvalue weighted by Gasteiger charge is -2.29. The number of carbonyl (C=O) groups is 1. The van der Waals surface area contributed by atoms with Gasteiger partial charge in [-0.25, -0.2) is 12.8 Å². The Bertz CT molecular complexity index is 1160. The molecule has 2 N–H and O–H groups in total. The highest BCUT2D eigenvalue weighted by Crippen LogP contribution is 2.26. The van der Waals surface area contributed by atoms with Crippen LogP contribution in [-0.4, -0.2) is 67.2 Å². The van der Waals surface area contributed by atoms with Crippen molar-refractivity contribution in [2.24, 2.45) is 0 Å². The summed E-state index contributed by atoms with van der Waals surface area (Å²) >= 11 is 0. The van der Waals surface area contributed by atoms with E-state index in [-0.39, 0.29) is 29.9 Å². The molecule has 0 bridgehead atoms. The van der Waals surface area contributed by atoms with E-state index in [4.69, 9.17) is 4.74 Å². The minimum Gasteiger partial charge on any atom is -0.489 e. The van der Waals surface area contributed by atoms with Crippen LogP contribution < -0.4 is 10.1 Å². The molecule has 2 aromatic carbocycles. The lowest BCUT2D eigenvalue weighted by molar-refractivity contribution is -0.123. The van der Waals surface area contributed by atoms with Gasteiger partial charge in [0.15, 0.2) is 9.84 Å². The van der Waals surface area contributed by atoms with Crippen molar-refractivity contribution >= 4 is 15.7 Å². The number of unbranched alkanes of at least 4 members (excludes halogenated alkanes) is 1. The number of hydrogen-bond acceptors (Lipinski definition) is 6. The molecule has 1 saturated heterocycles. The number of carbonyl (C=O) groups excluding carboxylic acids is 1. The van der Waals surface area contributed by atoms with Gasteiger partial charge in [0.2, 0.25) is 5.91 Å². The van der Waals surface area contributed by atoms with Crippen molar-refractivity contribution in [2.45, 2.75) is 88.0 Å². The summed E-state index contributed by atoms with van der Waals surface area (Å²) in [6.45, 7) is 1.62. The third-order valence-corrected chi connectivity index (χ3v) is 10.4. The SMILES string of the molecule is O=C(CCCCS(=O)(=O)C1CCCCC1)N[C@H](CN1CC[C@@H](F)C1)[C@@H](O)c1ccc(OCc2ccccc2)cc1. The number of aliphatic hydroxyl groups excluding tert-OH is 1. The molecule has 2 aliphatic rings. The average Bonchev–Trinajstić information content (AvgIpc) is 3.39. The summed E-state index contributed by atoms with van der Waals surface area (Å²) in [4.78, 5) is 14.8. The Balaban J connectivity index is 1.30. The molecule has 0 aromatic heterocycles. The van der Waals surface area contributed by atoms with E-state index in [0.717, 1.165) is 37.7 Å². The van der Waals surface area contributed by atoms with E-state index >= 15 is 0 Å². The second-order valence-corrected chi connectivity index (χ2v) is 13.6. The molecule has 1 amide bonds. The van der Waals surface area contributed by atoms with Gasteiger partial charge in [0, 0.05) is 26.1 Å². The van der Waals surface area contributed by atoms with Crippen LogP contribution >= 0.6 is 0 Å². The first-order chi connectivity index (χ1) is 19.3. The van der Waals surface area contributed by atoms with Crippen LogP contribution in [0.1, 0.15) is 75.0 Å². The molecular weight excluding hydrogens is 531 g/mol. The van der Waals surface area contributed by atoms with E-state index in [1.165, 1.54) is 0 Å². The van der Waals surface area contributed by atoms with Gasteiger partial charge in [-0.15, -0.1) is 0 Å². The van der Waals surface area contributed by atoms with E-state index < -0.39 is 28.2 Å². The fourth-order valence-electron chi connectivity index (χ4n) is 5.65. The molecule has 1 heterocycles. The molecule has 9 heteroatoms. The van der Waals surface area contributed by atoms with E-state index in [0.29, 0.717) is 50.3 Å². The molecule has 40 heavy (non-hydrogen) atoms. The highest BCUT2D eigenvalue weighted by molar-refractivity contribution is 7.92. The summed E-state index contributed by atoms with van der Waals surface area (Å²) in [5.41, 5.74) is 1.68. The molecule has 2 fully saturated rings. The molecule has 2 aromatic rings. The number of alkyl halides is 1. The van der Waals surface area contributed by atoms with Gasteiger partial charge in [-0.05, 0) is 55.4 Å². The number of ether oxygens (including phenoxy) is 1. The van der Waals surface area contributed by atoms with Crippen molar-refractivity contribution in [1.82, 2.24) is 10.2 Å². The Morgan fingerprint density at radius 1 is 1.02 bits per heavy atom. The Hall–Kier alpha value is -2.49. The van der Waals surface area contributed by atoms with Crippen molar-refractivity contribution in [2.75, 3.05) is 25.4 Å². The number of hydrogen-bond donors (Lipinski definition) is 2. The molecule has 0 radical (unpaired) electrons. The van der Waals surface area contributed by atoms with Crippen molar-refractivity contribution in [3.05, 3.63) is 65.7 Å². The molecule has 0 unspecified atom stereocenters. The highest BCUT2D eigenvalue weighted by atomic mass is 32.2. The zero-order chi connectivity index (χ0) is 28.4. The second-order valence-electron chi connectivity index (χ2n) is 11.2. The van der Waals surface area contributed by atoms with Gasteiger partial charge in [-0.2, -0.15) is 0 Å². The first kappa shape index (κ1) is 30.5. The minimum absolute atomic E-state index is 0.112. The third-order valence-electron chi connectivity index (χ3n) is 8.01. The molecule has 0 spiro atoms. The predicted molar refractivity (Wildman–Crippen MR) is 155 cm³/mol. The van der Waals surface area contributed by atoms with E-state index in [1.807, 2.05) is 35.2 Å². The van der Waals surface area contributed by atoms with E-state index in [2.05, 4.69) is 5.32 Å². The highest BCUT2D eigenvalue weighted by Gasteiger charge is 2.30. The molecule has 3 atom stereocenters. The maximum absolute atomic E-state index is 13.8. The number of benzene rings is 2. The Morgan fingerprint density at radius 3 is 2.42 bits per heavy atom. The normalized spacial score (nSPS) is 20.2. The van der Waals surface area contributed by atoms with Gasteiger partial charge < -0.3 is 15.2 Å². The van der Waals surface area contributed by atoms with Crippen molar-refractivity contribution in [3.8, 4) is 5.75 Å². The number of aliphatic hydroxyl groups is 1. The topological polar surface area (TPSA) is 95.9 Å². The number of rotatable bonds is 14. The summed E-state index contributed by atoms with van der Waals surface area (Å²) < 4.78 is 44.9. The summed E-state index contributed by atoms with van der Waals surface area (Å²) in [5, 5.41) is 13.9. The van der Waals surface area contributed by atoms with Gasteiger partial charge >= 0.3 is 0 Å². The molecule has 1 aliphatic carbocycles. The van der Waals surface area contributed by atoms with Crippen molar-refractivity contribution < 1.29 is 27.4 Å². The first-order valence-electron chi connectivity index (χ1n) is 14.6. The Kier molecular flexibility index (Phi) is 11.4. The smallest absolute Gasteiger partial charge is 0.220 e. The standard InChI is InChI=1S/C31H43FN2O5S/c32-26-18-19-34(21-26)22-29(33-30(35)13-7-8-20-40(37,38)28-11-5-2-6-12-28)31(36)25-14-16-27(17-15-25)39-23-24-9-3-1-4-10-24/h1,3-4,9-10,14-17,26,28-29,31,36H,2,5-8,11-13,18-23H2,(H,33,35)/t26-,29-,31+/m1/s1. The van der Waals surface area contributed by atoms with E-state index in [9.17, 15) is 22.7 Å². The number of sulfone groups is 1. The zero-order valence-corrected chi connectivity index (χ0v) is 24.0. The van der Waals surface area contributed by atoms with Crippen LogP contribution in [0.15, 0.2) is 54.6 Å². The monoisotopic (exact) mass is 574 g/mol. The molecular formula is C31H43FN2O5S. The Labute approximate surface area is 238 Å². The summed E-state index contributed by atoms with van der Waals surface area (Å²) in [6, 6.07) is 16.4. The zero-order valence-electron chi connectivity index (χ0n) is 23.2. The average molecular weight is 575 g/mol. The molecule has 1 saturated carbocycles. The van der Waals surface area contributed by atoms with Crippen LogP contribution in [-0.2, 0) is 21.2 Å². The molecule has 220 valence electrons. The second kappa shape index (κ2) is 14.9. The lowest BCUT2D eigenvalue weighted by atomic mass is 10.0. The minimum atomic E-state index is -3.12. The molecule has 7 nitrogen and oxygen atoms in total. The van der Waals surface area contributed by atoms with Gasteiger partial charge in [-0.1, -0.05) is 61.7 Å². The van der Waals surface area contributed by atoms with Crippen LogP contribution in [0.2, 0.25) is 0 Å². The number of halogens is 1. The number of likely N-dealkylation sites (tertiary alicyclic amines) is 1. The van der Waals surface area contributed by atoms with Gasteiger partial charge in [0.1, 0.15) is 24.6 Å². The predicted octanol–water partition coefficient (Wildman–Crippen LogP) is 4.75. The maximum Gasteiger partial charge on any atom is 0.220 e. The van der Waals surface area contributed by atoms with E-state index in [1.54, 1.807) is 24.3 Å². The van der Waals surface area contributed by atoms with Crippen molar-refractivity contribution in [3.63, 3.8) is 0 Å². The number of amides is 1. The number of nitrogens with one attached hydrogen (secondary N) is 1. The third kappa shape index (κ3) is 9.28. The summed E-state index contributed by atoms with van der Waals surface area (Å²) in [6.07, 6.45) is 4.19. The van der Waals surface area contributed by atoms with Crippen molar-refractivity contribution in [1.29, 1.82) is 0 Å². The molecule has 1 aliphatic heterocycles. The summed E-state index contributed by atoms with van der Waals surface area (Å²) in [5.74, 6) is 0.544. The quantitative estimate of drug-likeness (QED) is 0.317. The fourth-order valence-corrected chi connectivity index (χ4v) is 7.64. The maximum atomic E-state index is 13.8.